The van der Waals surface area contributed by atoms with Crippen molar-refractivity contribution in [3.63, 3.8) is 0 Å². The fourth-order valence-corrected chi connectivity index (χ4v) is 5.22. The number of hydrogen-bond donors (Lipinski definition) is 1. The summed E-state index contributed by atoms with van der Waals surface area (Å²) >= 11 is 14.4. The molecule has 2 aromatic rings. The summed E-state index contributed by atoms with van der Waals surface area (Å²) in [5.41, 5.74) is 1.87. The van der Waals surface area contributed by atoms with E-state index >= 15 is 0 Å². The summed E-state index contributed by atoms with van der Waals surface area (Å²) in [6, 6.07) is 13.1. The van der Waals surface area contributed by atoms with Crippen molar-refractivity contribution in [3.05, 3.63) is 63.6 Å². The third kappa shape index (κ3) is 6.90. The highest BCUT2D eigenvalue weighted by Crippen LogP contribution is 2.27. The Balaban J connectivity index is 1.70. The van der Waals surface area contributed by atoms with Gasteiger partial charge in [0.1, 0.15) is 6.04 Å². The minimum Gasteiger partial charge on any atom is -0.352 e. The van der Waals surface area contributed by atoms with Crippen LogP contribution in [0.1, 0.15) is 50.2 Å². The number of hydrogen-bond acceptors (Lipinski definition) is 3. The fraction of sp³-hybridized carbons (Fsp3) is 0.440. The number of aryl methyl sites for hydroxylation is 1. The third-order valence-electron chi connectivity index (χ3n) is 5.86. The Kier molecular flexibility index (Phi) is 9.33. The lowest BCUT2D eigenvalue weighted by Crippen LogP contribution is -2.49. The van der Waals surface area contributed by atoms with Gasteiger partial charge in [-0.05, 0) is 51.0 Å². The summed E-state index contributed by atoms with van der Waals surface area (Å²) in [5, 5.41) is 4.10. The lowest BCUT2D eigenvalue weighted by molar-refractivity contribution is -0.140. The van der Waals surface area contributed by atoms with E-state index in [1.54, 1.807) is 41.8 Å². The van der Waals surface area contributed by atoms with Crippen LogP contribution in [0.2, 0.25) is 10.0 Å². The number of halogens is 2. The Hall–Kier alpha value is -1.69. The molecule has 0 radical (unpaired) electrons. The second-order valence-electron chi connectivity index (χ2n) is 8.30. The Morgan fingerprint density at radius 2 is 1.72 bits per heavy atom. The standard InChI is InChI=1S/C25H30Cl2N2O2S/c1-17-10-12-20(13-11-17)32-15-14-24(30)29(16-21-22(26)8-5-9-23(21)27)18(2)25(31)28-19-6-3-4-7-19/h5,8-13,18-19H,3-4,6-7,14-16H2,1-2H3,(H,28,31). The average molecular weight is 494 g/mol. The van der Waals surface area contributed by atoms with Crippen LogP contribution < -0.4 is 5.32 Å². The zero-order chi connectivity index (χ0) is 23.1. The summed E-state index contributed by atoms with van der Waals surface area (Å²) in [6.07, 6.45) is 4.58. The van der Waals surface area contributed by atoms with E-state index in [1.807, 2.05) is 6.92 Å². The highest BCUT2D eigenvalue weighted by Gasteiger charge is 2.29. The molecule has 1 saturated carbocycles. The zero-order valence-corrected chi connectivity index (χ0v) is 20.9. The molecule has 1 aliphatic carbocycles. The number of thioether (sulfide) groups is 1. The Labute approximate surface area is 205 Å². The first-order chi connectivity index (χ1) is 15.3. The maximum atomic E-state index is 13.2. The molecule has 0 spiro atoms. The average Bonchev–Trinajstić information content (AvgIpc) is 3.27. The summed E-state index contributed by atoms with van der Waals surface area (Å²) in [6.45, 7) is 4.03. The largest absolute Gasteiger partial charge is 0.352 e. The first kappa shape index (κ1) is 24.9. The van der Waals surface area contributed by atoms with Gasteiger partial charge in [-0.2, -0.15) is 0 Å². The van der Waals surface area contributed by atoms with Gasteiger partial charge >= 0.3 is 0 Å². The van der Waals surface area contributed by atoms with Crippen LogP contribution in [-0.4, -0.2) is 34.6 Å². The monoisotopic (exact) mass is 492 g/mol. The van der Waals surface area contributed by atoms with E-state index in [0.717, 1.165) is 30.6 Å². The first-order valence-electron chi connectivity index (χ1n) is 11.1. The predicted octanol–water partition coefficient (Wildman–Crippen LogP) is 6.26. The van der Waals surface area contributed by atoms with E-state index < -0.39 is 6.04 Å². The van der Waals surface area contributed by atoms with Crippen LogP contribution in [0.25, 0.3) is 0 Å². The van der Waals surface area contributed by atoms with Gasteiger partial charge in [-0.3, -0.25) is 9.59 Å². The van der Waals surface area contributed by atoms with Gasteiger partial charge in [0.05, 0.1) is 0 Å². The molecule has 32 heavy (non-hydrogen) atoms. The lowest BCUT2D eigenvalue weighted by atomic mass is 10.1. The molecule has 0 bridgehead atoms. The zero-order valence-electron chi connectivity index (χ0n) is 18.6. The molecular formula is C25H30Cl2N2O2S. The van der Waals surface area contributed by atoms with Gasteiger partial charge in [-0.25, -0.2) is 0 Å². The predicted molar refractivity (Wildman–Crippen MR) is 133 cm³/mol. The Bertz CT molecular complexity index is 910. The topological polar surface area (TPSA) is 49.4 Å². The number of benzene rings is 2. The van der Waals surface area contributed by atoms with Gasteiger partial charge in [0, 0.05) is 45.3 Å². The summed E-state index contributed by atoms with van der Waals surface area (Å²) in [7, 11) is 0. The molecule has 1 atom stereocenters. The number of nitrogens with zero attached hydrogens (tertiary/aromatic N) is 1. The minimum absolute atomic E-state index is 0.0883. The smallest absolute Gasteiger partial charge is 0.242 e. The van der Waals surface area contributed by atoms with Crippen molar-refractivity contribution >= 4 is 46.8 Å². The van der Waals surface area contributed by atoms with Crippen LogP contribution in [-0.2, 0) is 16.1 Å². The number of carbonyl (C=O) groups is 2. The van der Waals surface area contributed by atoms with E-state index in [1.165, 1.54) is 5.56 Å². The van der Waals surface area contributed by atoms with E-state index in [2.05, 4.69) is 29.6 Å². The van der Waals surface area contributed by atoms with Crippen molar-refractivity contribution in [1.82, 2.24) is 10.2 Å². The van der Waals surface area contributed by atoms with Gasteiger partial charge < -0.3 is 10.2 Å². The maximum absolute atomic E-state index is 13.2. The summed E-state index contributed by atoms with van der Waals surface area (Å²) in [4.78, 5) is 28.9. The van der Waals surface area contributed by atoms with Crippen LogP contribution in [0, 0.1) is 6.92 Å². The van der Waals surface area contributed by atoms with Gasteiger partial charge in [-0.15, -0.1) is 11.8 Å². The van der Waals surface area contributed by atoms with Crippen molar-refractivity contribution in [2.45, 2.75) is 69.5 Å². The van der Waals surface area contributed by atoms with Gasteiger partial charge in [0.25, 0.3) is 0 Å². The first-order valence-corrected chi connectivity index (χ1v) is 12.8. The van der Waals surface area contributed by atoms with Crippen LogP contribution in [0.15, 0.2) is 47.4 Å². The molecule has 1 N–H and O–H groups in total. The van der Waals surface area contributed by atoms with Crippen molar-refractivity contribution in [2.75, 3.05) is 5.75 Å². The highest BCUT2D eigenvalue weighted by atomic mass is 35.5. The molecule has 1 fully saturated rings. The van der Waals surface area contributed by atoms with E-state index in [-0.39, 0.29) is 24.4 Å². The highest BCUT2D eigenvalue weighted by molar-refractivity contribution is 7.99. The molecule has 0 aliphatic heterocycles. The lowest BCUT2D eigenvalue weighted by Gasteiger charge is -2.30. The quantitative estimate of drug-likeness (QED) is 0.420. The summed E-state index contributed by atoms with van der Waals surface area (Å²) < 4.78 is 0. The molecule has 4 nitrogen and oxygen atoms in total. The van der Waals surface area contributed by atoms with Gasteiger partial charge in [0.15, 0.2) is 0 Å². The molecule has 7 heteroatoms. The number of nitrogens with one attached hydrogen (secondary N) is 1. The molecule has 2 amide bonds. The maximum Gasteiger partial charge on any atom is 0.242 e. The van der Waals surface area contributed by atoms with Crippen LogP contribution >= 0.6 is 35.0 Å². The fourth-order valence-electron chi connectivity index (χ4n) is 3.86. The Morgan fingerprint density at radius 1 is 1.09 bits per heavy atom. The molecular weight excluding hydrogens is 463 g/mol. The van der Waals surface area contributed by atoms with Gasteiger partial charge in [-0.1, -0.05) is 59.8 Å². The minimum atomic E-state index is -0.611. The van der Waals surface area contributed by atoms with Crippen LogP contribution in [0.3, 0.4) is 0 Å². The molecule has 3 rings (SSSR count). The summed E-state index contributed by atoms with van der Waals surface area (Å²) in [5.74, 6) is 0.417. The van der Waals surface area contributed by atoms with E-state index in [9.17, 15) is 9.59 Å². The molecule has 2 aromatic carbocycles. The van der Waals surface area contributed by atoms with Crippen LogP contribution in [0.5, 0.6) is 0 Å². The van der Waals surface area contributed by atoms with Crippen LogP contribution in [0.4, 0.5) is 0 Å². The molecule has 172 valence electrons. The van der Waals surface area contributed by atoms with E-state index in [4.69, 9.17) is 23.2 Å². The number of carbonyl (C=O) groups excluding carboxylic acids is 2. The normalized spacial score (nSPS) is 14.9. The van der Waals surface area contributed by atoms with Gasteiger partial charge in [0.2, 0.25) is 11.8 Å². The van der Waals surface area contributed by atoms with Crippen molar-refractivity contribution in [2.24, 2.45) is 0 Å². The third-order valence-corrected chi connectivity index (χ3v) is 7.59. The molecule has 0 saturated heterocycles. The Morgan fingerprint density at radius 3 is 2.34 bits per heavy atom. The van der Waals surface area contributed by atoms with Crippen molar-refractivity contribution in [3.8, 4) is 0 Å². The molecule has 0 aromatic heterocycles. The molecule has 1 unspecified atom stereocenters. The molecule has 0 heterocycles. The second-order valence-corrected chi connectivity index (χ2v) is 10.3. The SMILES string of the molecule is Cc1ccc(SCCC(=O)N(Cc2c(Cl)cccc2Cl)C(C)C(=O)NC2CCCC2)cc1. The second kappa shape index (κ2) is 12.0. The molecule has 1 aliphatic rings. The van der Waals surface area contributed by atoms with Crippen molar-refractivity contribution in [1.29, 1.82) is 0 Å². The van der Waals surface area contributed by atoms with Crippen molar-refractivity contribution < 1.29 is 9.59 Å². The number of rotatable bonds is 9. The van der Waals surface area contributed by atoms with E-state index in [0.29, 0.717) is 27.8 Å². The number of amides is 2.